The normalized spacial score (nSPS) is 11.7. The molecule has 5 heteroatoms. The van der Waals surface area contributed by atoms with Gasteiger partial charge >= 0.3 is 0 Å². The third-order valence-electron chi connectivity index (χ3n) is 3.12. The zero-order valence-corrected chi connectivity index (χ0v) is 13.0. The number of nitrogens with two attached hydrogens (primary N) is 1. The molecular weight excluding hydrogens is 274 g/mol. The Bertz CT molecular complexity index is 614. The number of aromatic nitrogens is 2. The highest BCUT2D eigenvalue weighted by Crippen LogP contribution is 2.34. The highest BCUT2D eigenvalue weighted by Gasteiger charge is 2.27. The Morgan fingerprint density at radius 3 is 2.45 bits per heavy atom. The van der Waals surface area contributed by atoms with Gasteiger partial charge in [0.25, 0.3) is 0 Å². The minimum atomic E-state index is -0.117. The molecule has 0 unspecified atom stereocenters. The van der Waals surface area contributed by atoms with Gasteiger partial charge in [-0.05, 0) is 12.1 Å². The van der Waals surface area contributed by atoms with Crippen molar-refractivity contribution in [2.45, 2.75) is 32.7 Å². The minimum Gasteiger partial charge on any atom is -0.481 e. The summed E-state index contributed by atoms with van der Waals surface area (Å²) in [4.78, 5) is 0. The van der Waals surface area contributed by atoms with Gasteiger partial charge in [-0.3, -0.25) is 0 Å². The minimum absolute atomic E-state index is 0.117. The second-order valence-corrected chi connectivity index (χ2v) is 6.06. The molecule has 0 aliphatic heterocycles. The van der Waals surface area contributed by atoms with Gasteiger partial charge in [-0.2, -0.15) is 9.78 Å². The summed E-state index contributed by atoms with van der Waals surface area (Å²) in [7, 11) is 1.62. The molecule has 0 bridgehead atoms. The predicted molar refractivity (Wildman–Crippen MR) is 81.7 cm³/mol. The maximum atomic E-state index is 6.26. The van der Waals surface area contributed by atoms with Gasteiger partial charge in [0, 0.05) is 12.0 Å². The second-order valence-electron chi connectivity index (χ2n) is 5.65. The van der Waals surface area contributed by atoms with E-state index in [9.17, 15) is 0 Å². The van der Waals surface area contributed by atoms with E-state index in [1.165, 1.54) is 0 Å². The summed E-state index contributed by atoms with van der Waals surface area (Å²) >= 11 is 6.26. The third kappa shape index (κ3) is 2.53. The Kier molecular flexibility index (Phi) is 4.06. The number of nitrogens with zero attached hydrogens (tertiary/aromatic N) is 2. The fraction of sp³-hybridized carbons (Fsp3) is 0.400. The lowest BCUT2D eigenvalue weighted by molar-refractivity contribution is 0.379. The van der Waals surface area contributed by atoms with Crippen molar-refractivity contribution in [1.29, 1.82) is 0 Å². The largest absolute Gasteiger partial charge is 0.481 e. The van der Waals surface area contributed by atoms with E-state index in [1.807, 2.05) is 24.3 Å². The summed E-state index contributed by atoms with van der Waals surface area (Å²) in [5.41, 5.74) is 8.40. The average Bonchev–Trinajstić information content (AvgIpc) is 2.77. The van der Waals surface area contributed by atoms with Crippen LogP contribution < -0.4 is 10.5 Å². The van der Waals surface area contributed by atoms with E-state index in [0.717, 1.165) is 16.9 Å². The van der Waals surface area contributed by atoms with Gasteiger partial charge in [-0.15, -0.1) is 0 Å². The van der Waals surface area contributed by atoms with E-state index in [-0.39, 0.29) is 5.41 Å². The average molecular weight is 294 g/mol. The lowest BCUT2D eigenvalue weighted by atomic mass is 9.89. The molecule has 0 radical (unpaired) electrons. The fourth-order valence-electron chi connectivity index (χ4n) is 2.22. The summed E-state index contributed by atoms with van der Waals surface area (Å²) < 4.78 is 7.24. The number of hydrogen-bond donors (Lipinski definition) is 1. The summed E-state index contributed by atoms with van der Waals surface area (Å²) in [6.45, 7) is 6.68. The van der Waals surface area contributed by atoms with E-state index in [2.05, 4.69) is 25.9 Å². The van der Waals surface area contributed by atoms with Crippen LogP contribution in [0, 0.1) is 0 Å². The molecule has 108 valence electrons. The monoisotopic (exact) mass is 293 g/mol. The maximum absolute atomic E-state index is 6.26. The third-order valence-corrected chi connectivity index (χ3v) is 3.44. The van der Waals surface area contributed by atoms with Crippen LogP contribution in [0.15, 0.2) is 24.3 Å². The van der Waals surface area contributed by atoms with Crippen molar-refractivity contribution in [3.8, 4) is 11.6 Å². The van der Waals surface area contributed by atoms with Gasteiger partial charge in [-0.25, -0.2) is 0 Å². The Balaban J connectivity index is 2.72. The van der Waals surface area contributed by atoms with Crippen molar-refractivity contribution < 1.29 is 4.74 Å². The molecule has 2 rings (SSSR count). The molecule has 0 saturated carbocycles. The molecule has 0 spiro atoms. The molecule has 0 saturated heterocycles. The predicted octanol–water partition coefficient (Wildman–Crippen LogP) is 3.29. The van der Waals surface area contributed by atoms with E-state index < -0.39 is 0 Å². The van der Waals surface area contributed by atoms with Crippen LogP contribution in [0.3, 0.4) is 0 Å². The molecule has 2 aromatic rings. The quantitative estimate of drug-likeness (QED) is 0.945. The smallest absolute Gasteiger partial charge is 0.221 e. The van der Waals surface area contributed by atoms with E-state index >= 15 is 0 Å². The summed E-state index contributed by atoms with van der Waals surface area (Å²) in [5, 5.41) is 5.30. The number of benzene rings is 1. The molecule has 0 amide bonds. The van der Waals surface area contributed by atoms with Crippen molar-refractivity contribution in [2.75, 3.05) is 7.11 Å². The molecule has 4 nitrogen and oxygen atoms in total. The van der Waals surface area contributed by atoms with Crippen LogP contribution in [-0.2, 0) is 12.0 Å². The number of methoxy groups -OCH3 is 1. The van der Waals surface area contributed by atoms with Gasteiger partial charge in [0.15, 0.2) is 0 Å². The Morgan fingerprint density at radius 1 is 1.30 bits per heavy atom. The van der Waals surface area contributed by atoms with E-state index in [1.54, 1.807) is 11.8 Å². The molecule has 2 N–H and O–H groups in total. The molecule has 0 aliphatic rings. The lowest BCUT2D eigenvalue weighted by Crippen LogP contribution is -2.16. The first-order chi connectivity index (χ1) is 9.40. The zero-order valence-electron chi connectivity index (χ0n) is 12.3. The molecule has 0 atom stereocenters. The first kappa shape index (κ1) is 14.9. The van der Waals surface area contributed by atoms with E-state index in [4.69, 9.17) is 22.1 Å². The Morgan fingerprint density at radius 2 is 1.95 bits per heavy atom. The number of halogens is 1. The number of hydrogen-bond acceptors (Lipinski definition) is 3. The molecule has 20 heavy (non-hydrogen) atoms. The lowest BCUT2D eigenvalue weighted by Gasteiger charge is -2.16. The van der Waals surface area contributed by atoms with Gasteiger partial charge < -0.3 is 10.5 Å². The Hall–Kier alpha value is -1.52. The van der Waals surface area contributed by atoms with Crippen molar-refractivity contribution in [1.82, 2.24) is 9.78 Å². The standard InChI is InChI=1S/C15H20ClN3O/c1-15(2,3)13-10(9-17)14(20-4)19(18-13)12-8-6-5-7-11(12)16/h5-8H,9,17H2,1-4H3. The summed E-state index contributed by atoms with van der Waals surface area (Å²) in [5.74, 6) is 0.644. The molecular formula is C15H20ClN3O. The van der Waals surface area contributed by atoms with Gasteiger partial charge in [0.05, 0.1) is 29.1 Å². The summed E-state index contributed by atoms with van der Waals surface area (Å²) in [6.07, 6.45) is 0. The van der Waals surface area contributed by atoms with Gasteiger partial charge in [-0.1, -0.05) is 44.5 Å². The highest BCUT2D eigenvalue weighted by atomic mass is 35.5. The highest BCUT2D eigenvalue weighted by molar-refractivity contribution is 6.32. The van der Waals surface area contributed by atoms with Crippen LogP contribution in [0.1, 0.15) is 32.0 Å². The molecule has 1 aromatic carbocycles. The van der Waals surface area contributed by atoms with Crippen molar-refractivity contribution in [2.24, 2.45) is 5.73 Å². The zero-order chi connectivity index (χ0) is 14.9. The van der Waals surface area contributed by atoms with Crippen LogP contribution in [0.2, 0.25) is 5.02 Å². The van der Waals surface area contributed by atoms with Crippen LogP contribution in [0.4, 0.5) is 0 Å². The molecule has 1 aromatic heterocycles. The first-order valence-electron chi connectivity index (χ1n) is 6.51. The van der Waals surface area contributed by atoms with Crippen LogP contribution in [0.5, 0.6) is 5.88 Å². The van der Waals surface area contributed by atoms with Crippen LogP contribution >= 0.6 is 11.6 Å². The summed E-state index contributed by atoms with van der Waals surface area (Å²) in [6, 6.07) is 7.54. The fourth-order valence-corrected chi connectivity index (χ4v) is 2.43. The molecule has 0 fully saturated rings. The first-order valence-corrected chi connectivity index (χ1v) is 6.89. The van der Waals surface area contributed by atoms with E-state index in [0.29, 0.717) is 17.4 Å². The van der Waals surface area contributed by atoms with Gasteiger partial charge in [0.2, 0.25) is 5.88 Å². The molecule has 1 heterocycles. The second kappa shape index (κ2) is 5.46. The SMILES string of the molecule is COc1c(CN)c(C(C)(C)C)nn1-c1ccccc1Cl. The number of para-hydroxylation sites is 1. The van der Waals surface area contributed by atoms with Crippen LogP contribution in [-0.4, -0.2) is 16.9 Å². The van der Waals surface area contributed by atoms with Crippen LogP contribution in [0.25, 0.3) is 5.69 Å². The number of rotatable bonds is 3. The molecule has 0 aliphatic carbocycles. The van der Waals surface area contributed by atoms with Crippen molar-refractivity contribution >= 4 is 11.6 Å². The van der Waals surface area contributed by atoms with Crippen molar-refractivity contribution in [3.05, 3.63) is 40.5 Å². The Labute approximate surface area is 124 Å². The van der Waals surface area contributed by atoms with Crippen molar-refractivity contribution in [3.63, 3.8) is 0 Å². The number of ether oxygens (including phenoxy) is 1. The maximum Gasteiger partial charge on any atom is 0.221 e. The topological polar surface area (TPSA) is 53.1 Å². The van der Waals surface area contributed by atoms with Gasteiger partial charge in [0.1, 0.15) is 0 Å².